The van der Waals surface area contributed by atoms with Crippen molar-refractivity contribution in [2.24, 2.45) is 46.3 Å². The maximum absolute atomic E-state index is 13.0. The van der Waals surface area contributed by atoms with E-state index < -0.39 is 12.2 Å². The first-order valence-corrected chi connectivity index (χ1v) is 15.5. The maximum Gasteiger partial charge on any atom is 0.411 e. The van der Waals surface area contributed by atoms with Gasteiger partial charge in [0.25, 0.3) is 0 Å². The van der Waals surface area contributed by atoms with E-state index in [0.29, 0.717) is 23.7 Å². The SMILES string of the molecule is CC(C)CCC[C@@H](C)[C@H]1CC[C@H]2[C@@H]3CC=C4C[C@@H](O)CC(OC(=O)Nc5ccccc5)[C@]4(C)[C@H]3CC[C@]12C. The Morgan fingerprint density at radius 3 is 2.58 bits per heavy atom. The number of hydrogen-bond donors (Lipinski definition) is 2. The summed E-state index contributed by atoms with van der Waals surface area (Å²) in [7, 11) is 0. The summed E-state index contributed by atoms with van der Waals surface area (Å²) in [6.07, 6.45) is 12.9. The molecule has 0 aliphatic heterocycles. The average molecular weight is 522 g/mol. The van der Waals surface area contributed by atoms with Gasteiger partial charge in [-0.05, 0) is 91.6 Å². The molecule has 4 heteroatoms. The molecule has 0 bridgehead atoms. The summed E-state index contributed by atoms with van der Waals surface area (Å²) in [5.41, 5.74) is 2.30. The Kier molecular flexibility index (Phi) is 8.02. The molecule has 1 aromatic rings. The van der Waals surface area contributed by atoms with E-state index in [4.69, 9.17) is 4.74 Å². The Bertz CT molecular complexity index is 1000. The van der Waals surface area contributed by atoms with Crippen LogP contribution in [0.2, 0.25) is 0 Å². The molecule has 3 fully saturated rings. The maximum atomic E-state index is 13.0. The van der Waals surface area contributed by atoms with Crippen LogP contribution in [0.25, 0.3) is 0 Å². The van der Waals surface area contributed by atoms with Crippen LogP contribution in [0, 0.1) is 46.3 Å². The molecule has 4 nitrogen and oxygen atoms in total. The fourth-order valence-electron chi connectivity index (χ4n) is 9.67. The number of fused-ring (bicyclic) bond motifs is 5. The number of nitrogens with one attached hydrogen (secondary N) is 1. The Morgan fingerprint density at radius 1 is 1.08 bits per heavy atom. The second kappa shape index (κ2) is 11.0. The number of aliphatic hydroxyl groups excluding tert-OH is 1. The van der Waals surface area contributed by atoms with E-state index in [-0.39, 0.29) is 11.5 Å². The normalized spacial score (nSPS) is 39.0. The number of amides is 1. The molecule has 4 aliphatic carbocycles. The van der Waals surface area contributed by atoms with Crippen LogP contribution in [0.5, 0.6) is 0 Å². The van der Waals surface area contributed by atoms with E-state index in [0.717, 1.165) is 42.2 Å². The molecule has 9 atom stereocenters. The quantitative estimate of drug-likeness (QED) is 0.353. The molecule has 1 unspecified atom stereocenters. The van der Waals surface area contributed by atoms with Gasteiger partial charge >= 0.3 is 6.09 Å². The number of para-hydroxylation sites is 1. The van der Waals surface area contributed by atoms with Gasteiger partial charge in [-0.3, -0.25) is 5.32 Å². The zero-order valence-electron chi connectivity index (χ0n) is 24.4. The van der Waals surface area contributed by atoms with Crippen LogP contribution in [0.3, 0.4) is 0 Å². The highest BCUT2D eigenvalue weighted by Crippen LogP contribution is 2.67. The lowest BCUT2D eigenvalue weighted by Gasteiger charge is -2.60. The molecule has 0 spiro atoms. The number of aliphatic hydroxyl groups is 1. The molecule has 0 aromatic heterocycles. The first-order chi connectivity index (χ1) is 18.1. The molecule has 210 valence electrons. The number of anilines is 1. The minimum Gasteiger partial charge on any atom is -0.445 e. The molecule has 1 amide bonds. The van der Waals surface area contributed by atoms with Crippen molar-refractivity contribution < 1.29 is 14.6 Å². The molecule has 3 saturated carbocycles. The van der Waals surface area contributed by atoms with E-state index in [1.165, 1.54) is 50.5 Å². The Balaban J connectivity index is 1.34. The monoisotopic (exact) mass is 521 g/mol. The second-order valence-corrected chi connectivity index (χ2v) is 14.1. The molecule has 2 N–H and O–H groups in total. The summed E-state index contributed by atoms with van der Waals surface area (Å²) < 4.78 is 6.20. The van der Waals surface area contributed by atoms with E-state index in [9.17, 15) is 9.90 Å². The highest BCUT2D eigenvalue weighted by Gasteiger charge is 2.61. The summed E-state index contributed by atoms with van der Waals surface area (Å²) in [5.74, 6) is 4.34. The topological polar surface area (TPSA) is 58.6 Å². The van der Waals surface area contributed by atoms with Gasteiger partial charge in [-0.15, -0.1) is 0 Å². The predicted octanol–water partition coefficient (Wildman–Crippen LogP) is 8.62. The van der Waals surface area contributed by atoms with Crippen LogP contribution in [0.15, 0.2) is 42.0 Å². The number of hydrogen-bond acceptors (Lipinski definition) is 3. The van der Waals surface area contributed by atoms with Crippen molar-refractivity contribution in [3.8, 4) is 0 Å². The van der Waals surface area contributed by atoms with E-state index in [1.54, 1.807) is 0 Å². The van der Waals surface area contributed by atoms with Crippen molar-refractivity contribution in [2.75, 3.05) is 5.32 Å². The number of carbonyl (C=O) groups is 1. The standard InChI is InChI=1S/C34H51NO3/c1-22(2)10-9-11-23(3)28-16-17-29-27-15-14-24-20-26(36)21-31(34(24,5)30(27)18-19-33(28,29)4)38-32(37)35-25-12-7-6-8-13-25/h6-8,12-14,22-23,26-31,36H,9-11,15-21H2,1-5H3,(H,35,37)/t23-,26-,27+,28-,29+,30+,31?,33-,34+/m1/s1. The largest absolute Gasteiger partial charge is 0.445 e. The third kappa shape index (κ3) is 5.07. The van der Waals surface area contributed by atoms with Gasteiger partial charge in [0.05, 0.1) is 6.10 Å². The first kappa shape index (κ1) is 27.7. The number of carbonyl (C=O) groups excluding carboxylic acids is 1. The highest BCUT2D eigenvalue weighted by atomic mass is 16.6. The molecule has 1 aromatic carbocycles. The minimum atomic E-state index is -0.447. The Hall–Kier alpha value is -1.81. The number of rotatable bonds is 7. The molecule has 0 heterocycles. The lowest BCUT2D eigenvalue weighted by molar-refractivity contribution is -0.108. The molecule has 5 rings (SSSR count). The smallest absolute Gasteiger partial charge is 0.411 e. The van der Waals surface area contributed by atoms with Gasteiger partial charge < -0.3 is 9.84 Å². The van der Waals surface area contributed by atoms with Crippen molar-refractivity contribution in [3.05, 3.63) is 42.0 Å². The lowest BCUT2D eigenvalue weighted by atomic mass is 9.46. The summed E-state index contributed by atoms with van der Waals surface area (Å²) in [4.78, 5) is 13.0. The highest BCUT2D eigenvalue weighted by molar-refractivity contribution is 5.84. The zero-order chi connectivity index (χ0) is 27.1. The van der Waals surface area contributed by atoms with Crippen LogP contribution in [0.1, 0.15) is 98.8 Å². The number of ether oxygens (including phenoxy) is 1. The van der Waals surface area contributed by atoms with Crippen LogP contribution in [-0.2, 0) is 4.74 Å². The fraction of sp³-hybridized carbons (Fsp3) is 0.735. The average Bonchev–Trinajstić information content (AvgIpc) is 3.22. The van der Waals surface area contributed by atoms with Gasteiger partial charge in [-0.1, -0.05) is 83.7 Å². The van der Waals surface area contributed by atoms with Gasteiger partial charge in [0.15, 0.2) is 0 Å². The van der Waals surface area contributed by atoms with E-state index in [1.807, 2.05) is 30.3 Å². The van der Waals surface area contributed by atoms with Crippen LogP contribution >= 0.6 is 0 Å². The predicted molar refractivity (Wildman–Crippen MR) is 155 cm³/mol. The Labute approximate surface area is 231 Å². The van der Waals surface area contributed by atoms with Crippen molar-refractivity contribution >= 4 is 11.8 Å². The van der Waals surface area contributed by atoms with Crippen molar-refractivity contribution in [1.29, 1.82) is 0 Å². The zero-order valence-corrected chi connectivity index (χ0v) is 24.4. The second-order valence-electron chi connectivity index (χ2n) is 14.1. The molecule has 0 radical (unpaired) electrons. The Morgan fingerprint density at radius 2 is 1.84 bits per heavy atom. The summed E-state index contributed by atoms with van der Waals surface area (Å²) in [5, 5.41) is 13.7. The van der Waals surface area contributed by atoms with Gasteiger partial charge in [-0.2, -0.15) is 0 Å². The first-order valence-electron chi connectivity index (χ1n) is 15.5. The van der Waals surface area contributed by atoms with Gasteiger partial charge in [0, 0.05) is 17.5 Å². The molecule has 38 heavy (non-hydrogen) atoms. The van der Waals surface area contributed by atoms with Crippen molar-refractivity contribution in [3.63, 3.8) is 0 Å². The van der Waals surface area contributed by atoms with Crippen LogP contribution in [0.4, 0.5) is 10.5 Å². The van der Waals surface area contributed by atoms with Crippen molar-refractivity contribution in [2.45, 2.75) is 111 Å². The van der Waals surface area contributed by atoms with E-state index >= 15 is 0 Å². The molecule has 4 aliphatic rings. The van der Waals surface area contributed by atoms with E-state index in [2.05, 4.69) is 46.0 Å². The number of allylic oxidation sites excluding steroid dienone is 1. The molecular formula is C34H51NO3. The third-order valence-electron chi connectivity index (χ3n) is 11.6. The minimum absolute atomic E-state index is 0.196. The van der Waals surface area contributed by atoms with Gasteiger partial charge in [-0.25, -0.2) is 4.79 Å². The number of benzene rings is 1. The summed E-state index contributed by atoms with van der Waals surface area (Å²) in [6.45, 7) is 12.2. The van der Waals surface area contributed by atoms with Crippen LogP contribution in [-0.4, -0.2) is 23.4 Å². The fourth-order valence-corrected chi connectivity index (χ4v) is 9.67. The van der Waals surface area contributed by atoms with Crippen molar-refractivity contribution in [1.82, 2.24) is 0 Å². The van der Waals surface area contributed by atoms with Gasteiger partial charge in [0.1, 0.15) is 6.10 Å². The summed E-state index contributed by atoms with van der Waals surface area (Å²) >= 11 is 0. The van der Waals surface area contributed by atoms with Gasteiger partial charge in [0.2, 0.25) is 0 Å². The third-order valence-corrected chi connectivity index (χ3v) is 11.6. The lowest BCUT2D eigenvalue weighted by Crippen LogP contribution is -2.56. The van der Waals surface area contributed by atoms with Crippen LogP contribution < -0.4 is 5.32 Å². The molecule has 0 saturated heterocycles. The summed E-state index contributed by atoms with van der Waals surface area (Å²) in [6, 6.07) is 9.51. The molecular weight excluding hydrogens is 470 g/mol.